The molecular weight excluding hydrogens is 364 g/mol. The molecule has 1 amide bonds. The Bertz CT molecular complexity index is 1050. The second kappa shape index (κ2) is 7.19. The van der Waals surface area contributed by atoms with Gasteiger partial charge in [-0.1, -0.05) is 18.2 Å². The molecule has 1 atom stereocenters. The normalized spacial score (nSPS) is 23.3. The predicted molar refractivity (Wildman–Crippen MR) is 114 cm³/mol. The molecule has 0 spiro atoms. The number of nitrogens with zero attached hydrogens (tertiary/aromatic N) is 3. The summed E-state index contributed by atoms with van der Waals surface area (Å²) in [6.45, 7) is 3.27. The van der Waals surface area contributed by atoms with Crippen molar-refractivity contribution in [2.75, 3.05) is 38.6 Å². The number of amides is 1. The van der Waals surface area contributed by atoms with Crippen LogP contribution in [0.3, 0.4) is 0 Å². The van der Waals surface area contributed by atoms with E-state index in [1.807, 2.05) is 61.5 Å². The Morgan fingerprint density at radius 2 is 1.93 bits per heavy atom. The van der Waals surface area contributed by atoms with Gasteiger partial charge in [0.2, 0.25) is 5.89 Å². The van der Waals surface area contributed by atoms with E-state index in [1.165, 1.54) is 12.8 Å². The highest BCUT2D eigenvalue weighted by molar-refractivity contribution is 6.05. The number of rotatable bonds is 4. The lowest BCUT2D eigenvalue weighted by Gasteiger charge is -2.44. The molecule has 1 N–H and O–H groups in total. The van der Waals surface area contributed by atoms with Gasteiger partial charge < -0.3 is 19.5 Å². The fraction of sp³-hybridized carbons (Fsp3) is 0.391. The van der Waals surface area contributed by atoms with Crippen LogP contribution in [0.4, 0.5) is 5.69 Å². The summed E-state index contributed by atoms with van der Waals surface area (Å²) < 4.78 is 6.05. The average molecular weight is 390 g/mol. The monoisotopic (exact) mass is 390 g/mol. The van der Waals surface area contributed by atoms with Gasteiger partial charge in [0.25, 0.3) is 5.91 Å². The van der Waals surface area contributed by atoms with Crippen molar-refractivity contribution in [2.24, 2.45) is 5.92 Å². The highest BCUT2D eigenvalue weighted by atomic mass is 16.3. The Labute approximate surface area is 170 Å². The van der Waals surface area contributed by atoms with E-state index in [0.717, 1.165) is 30.9 Å². The predicted octanol–water partition coefficient (Wildman–Crippen LogP) is 3.38. The molecule has 3 aliphatic rings. The first kappa shape index (κ1) is 18.2. The number of oxazole rings is 1. The zero-order chi connectivity index (χ0) is 20.0. The Balaban J connectivity index is 1.47. The molecule has 6 rings (SSSR count). The Morgan fingerprint density at radius 3 is 2.66 bits per heavy atom. The third-order valence-corrected chi connectivity index (χ3v) is 6.25. The summed E-state index contributed by atoms with van der Waals surface area (Å²) in [6, 6.07) is 13.8. The van der Waals surface area contributed by atoms with Crippen LogP contribution in [0, 0.1) is 5.92 Å². The topological polar surface area (TPSA) is 61.6 Å². The molecule has 0 saturated carbocycles. The van der Waals surface area contributed by atoms with E-state index in [-0.39, 0.29) is 11.9 Å². The van der Waals surface area contributed by atoms with Crippen LogP contribution in [-0.4, -0.2) is 55.6 Å². The first-order chi connectivity index (χ1) is 14.1. The smallest absolute Gasteiger partial charge is 0.253 e. The zero-order valence-electron chi connectivity index (χ0n) is 16.9. The van der Waals surface area contributed by atoms with E-state index in [4.69, 9.17) is 9.40 Å². The van der Waals surface area contributed by atoms with E-state index < -0.39 is 0 Å². The lowest BCUT2D eigenvalue weighted by Crippen LogP contribution is -2.57. The van der Waals surface area contributed by atoms with Gasteiger partial charge in [0.05, 0.1) is 11.1 Å². The highest BCUT2D eigenvalue weighted by Gasteiger charge is 2.35. The Hall–Kier alpha value is -2.86. The van der Waals surface area contributed by atoms with E-state index in [9.17, 15) is 4.79 Å². The van der Waals surface area contributed by atoms with Gasteiger partial charge in [-0.05, 0) is 56.1 Å². The summed E-state index contributed by atoms with van der Waals surface area (Å²) in [5.41, 5.74) is 3.77. The fourth-order valence-corrected chi connectivity index (χ4v) is 4.67. The molecule has 29 heavy (non-hydrogen) atoms. The van der Waals surface area contributed by atoms with Crippen molar-refractivity contribution in [3.05, 3.63) is 48.0 Å². The molecule has 4 heterocycles. The van der Waals surface area contributed by atoms with Crippen LogP contribution in [0.1, 0.15) is 23.2 Å². The van der Waals surface area contributed by atoms with Crippen LogP contribution in [0.2, 0.25) is 0 Å². The van der Waals surface area contributed by atoms with Crippen molar-refractivity contribution in [3.63, 3.8) is 0 Å². The summed E-state index contributed by atoms with van der Waals surface area (Å²) in [5, 5.41) is 3.27. The van der Waals surface area contributed by atoms with Crippen LogP contribution in [0.15, 0.2) is 46.9 Å². The van der Waals surface area contributed by atoms with Crippen molar-refractivity contribution < 1.29 is 9.21 Å². The molecular formula is C23H26N4O2. The number of nitrogens with one attached hydrogen (secondary N) is 1. The molecule has 150 valence electrons. The van der Waals surface area contributed by atoms with Gasteiger partial charge in [-0.25, -0.2) is 4.98 Å². The van der Waals surface area contributed by atoms with Crippen molar-refractivity contribution >= 4 is 22.7 Å². The average Bonchev–Trinajstić information content (AvgIpc) is 3.19. The summed E-state index contributed by atoms with van der Waals surface area (Å²) in [4.78, 5) is 22.3. The van der Waals surface area contributed by atoms with Gasteiger partial charge in [0.15, 0.2) is 5.58 Å². The van der Waals surface area contributed by atoms with Crippen LogP contribution in [-0.2, 0) is 0 Å². The highest BCUT2D eigenvalue weighted by Crippen LogP contribution is 2.33. The molecule has 2 aromatic carbocycles. The standard InChI is InChI=1S/C23H26N4O2/c1-26(2)19-8-4-3-6-16(19)23-25-21-17(7-5-9-20(21)29-23)22(28)24-18-14-27-12-10-15(18)11-13-27/h3-9,15,18H,10-14H2,1-2H3,(H,24,28). The maximum absolute atomic E-state index is 13.1. The van der Waals surface area contributed by atoms with E-state index in [2.05, 4.69) is 10.2 Å². The quantitative estimate of drug-likeness (QED) is 0.740. The van der Waals surface area contributed by atoms with Gasteiger partial charge in [0.1, 0.15) is 5.52 Å². The van der Waals surface area contributed by atoms with Gasteiger partial charge in [-0.2, -0.15) is 0 Å². The van der Waals surface area contributed by atoms with E-state index in [1.54, 1.807) is 0 Å². The fourth-order valence-electron chi connectivity index (χ4n) is 4.67. The molecule has 1 unspecified atom stereocenters. The number of fused-ring (bicyclic) bond motifs is 4. The molecule has 0 radical (unpaired) electrons. The number of hydrogen-bond donors (Lipinski definition) is 1. The zero-order valence-corrected chi connectivity index (χ0v) is 16.9. The maximum Gasteiger partial charge on any atom is 0.253 e. The van der Waals surface area contributed by atoms with Gasteiger partial charge >= 0.3 is 0 Å². The summed E-state index contributed by atoms with van der Waals surface area (Å²) in [7, 11) is 3.99. The lowest BCUT2D eigenvalue weighted by molar-refractivity contribution is 0.0621. The second-order valence-electron chi connectivity index (χ2n) is 8.30. The molecule has 1 aromatic heterocycles. The summed E-state index contributed by atoms with van der Waals surface area (Å²) >= 11 is 0. The van der Waals surface area contributed by atoms with Crippen molar-refractivity contribution in [3.8, 4) is 11.5 Å². The lowest BCUT2D eigenvalue weighted by atomic mass is 9.84. The molecule has 3 aromatic rings. The molecule has 2 bridgehead atoms. The second-order valence-corrected chi connectivity index (χ2v) is 8.30. The number of anilines is 1. The van der Waals surface area contributed by atoms with Gasteiger partial charge in [-0.3, -0.25) is 4.79 Å². The van der Waals surface area contributed by atoms with Crippen LogP contribution in [0.25, 0.3) is 22.6 Å². The number of para-hydroxylation sites is 2. The molecule has 3 aliphatic heterocycles. The van der Waals surface area contributed by atoms with E-state index >= 15 is 0 Å². The molecule has 3 saturated heterocycles. The van der Waals surface area contributed by atoms with Crippen LogP contribution in [0.5, 0.6) is 0 Å². The molecule has 3 fully saturated rings. The van der Waals surface area contributed by atoms with Crippen LogP contribution >= 0.6 is 0 Å². The van der Waals surface area contributed by atoms with Gasteiger partial charge in [-0.15, -0.1) is 0 Å². The largest absolute Gasteiger partial charge is 0.436 e. The number of carbonyl (C=O) groups excluding carboxylic acids is 1. The number of hydrogen-bond acceptors (Lipinski definition) is 5. The summed E-state index contributed by atoms with van der Waals surface area (Å²) in [5.74, 6) is 1.06. The molecule has 6 nitrogen and oxygen atoms in total. The van der Waals surface area contributed by atoms with Gasteiger partial charge in [0, 0.05) is 32.4 Å². The maximum atomic E-state index is 13.1. The molecule has 6 heteroatoms. The number of benzene rings is 2. The number of aromatic nitrogens is 1. The minimum absolute atomic E-state index is 0.0601. The number of carbonyl (C=O) groups is 1. The van der Waals surface area contributed by atoms with Crippen LogP contribution < -0.4 is 10.2 Å². The van der Waals surface area contributed by atoms with Crippen molar-refractivity contribution in [2.45, 2.75) is 18.9 Å². The first-order valence-corrected chi connectivity index (χ1v) is 10.3. The minimum Gasteiger partial charge on any atom is -0.436 e. The van der Waals surface area contributed by atoms with E-state index in [0.29, 0.717) is 28.5 Å². The Kier molecular flexibility index (Phi) is 4.51. The third kappa shape index (κ3) is 3.27. The minimum atomic E-state index is -0.0601. The SMILES string of the molecule is CN(C)c1ccccc1-c1nc2c(C(=O)NC3CN4CCC3CC4)cccc2o1. The third-order valence-electron chi connectivity index (χ3n) is 6.25. The Morgan fingerprint density at radius 1 is 1.14 bits per heavy atom. The summed E-state index contributed by atoms with van der Waals surface area (Å²) in [6.07, 6.45) is 2.34. The van der Waals surface area contributed by atoms with Crippen molar-refractivity contribution in [1.29, 1.82) is 0 Å². The molecule has 0 aliphatic carbocycles. The number of piperidine rings is 3. The first-order valence-electron chi connectivity index (χ1n) is 10.3. The van der Waals surface area contributed by atoms with Crippen molar-refractivity contribution in [1.82, 2.24) is 15.2 Å².